The minimum Gasteiger partial charge on any atom is -0.478 e. The van der Waals surface area contributed by atoms with Gasteiger partial charge in [0.2, 0.25) is 5.95 Å². The smallest absolute Gasteiger partial charge is 0.258 e. The second kappa shape index (κ2) is 8.68. The van der Waals surface area contributed by atoms with Gasteiger partial charge in [0.15, 0.2) is 11.3 Å². The van der Waals surface area contributed by atoms with Gasteiger partial charge in [-0.3, -0.25) is 0 Å². The first-order valence-corrected chi connectivity index (χ1v) is 11.7. The van der Waals surface area contributed by atoms with Crippen LogP contribution in [-0.4, -0.2) is 62.4 Å². The third-order valence-electron chi connectivity index (χ3n) is 6.77. The van der Waals surface area contributed by atoms with Gasteiger partial charge < -0.3 is 35.1 Å². The van der Waals surface area contributed by atoms with Crippen LogP contribution < -0.4 is 15.4 Å². The van der Waals surface area contributed by atoms with Crippen molar-refractivity contribution in [3.63, 3.8) is 0 Å². The van der Waals surface area contributed by atoms with Crippen molar-refractivity contribution in [2.75, 3.05) is 30.9 Å². The number of nitrogens with one attached hydrogen (secondary N) is 2. The zero-order chi connectivity index (χ0) is 24.0. The molecule has 10 nitrogen and oxygen atoms in total. The zero-order valence-electron chi connectivity index (χ0n) is 19.6. The van der Waals surface area contributed by atoms with E-state index in [1.165, 1.54) is 12.8 Å². The maximum Gasteiger partial charge on any atom is 0.258 e. The molecule has 0 aliphatic heterocycles. The van der Waals surface area contributed by atoms with Gasteiger partial charge in [0, 0.05) is 30.1 Å². The molecular formula is C24H31N5O5. The van der Waals surface area contributed by atoms with Crippen LogP contribution in [0.1, 0.15) is 37.1 Å². The molecule has 5 N–H and O–H groups in total. The monoisotopic (exact) mass is 469 g/mol. The first kappa shape index (κ1) is 22.8. The van der Waals surface area contributed by atoms with Crippen LogP contribution >= 0.6 is 0 Å². The molecule has 3 atom stereocenters. The van der Waals surface area contributed by atoms with E-state index in [0.717, 1.165) is 17.6 Å². The fraction of sp³-hybridized carbons (Fsp3) is 0.542. The van der Waals surface area contributed by atoms with E-state index in [9.17, 15) is 15.3 Å². The van der Waals surface area contributed by atoms with Gasteiger partial charge in [-0.15, -0.1) is 0 Å². The van der Waals surface area contributed by atoms with Crippen LogP contribution in [0.2, 0.25) is 0 Å². The summed E-state index contributed by atoms with van der Waals surface area (Å²) >= 11 is 0. The molecule has 3 aromatic heterocycles. The number of methoxy groups -OCH3 is 1. The molecular weight excluding hydrogens is 438 g/mol. The first-order valence-electron chi connectivity index (χ1n) is 11.7. The van der Waals surface area contributed by atoms with Crippen molar-refractivity contribution in [1.82, 2.24) is 15.0 Å². The second-order valence-electron chi connectivity index (χ2n) is 9.46. The van der Waals surface area contributed by atoms with E-state index in [1.807, 2.05) is 26.0 Å². The number of furan rings is 1. The van der Waals surface area contributed by atoms with Crippen molar-refractivity contribution >= 4 is 22.7 Å². The van der Waals surface area contributed by atoms with Crippen LogP contribution in [-0.2, 0) is 0 Å². The minimum absolute atomic E-state index is 0.204. The summed E-state index contributed by atoms with van der Waals surface area (Å²) in [6.45, 7) is 4.31. The standard InChI is InChI=1S/C24H31N5O5/c1-12-8-16-9-17(34-19(16)22(26-12)33-3)18-13(2)27-23(25-10-14-4-5-14)28-21(18)29-24(32)7-6-15(11-30)20(24)31/h8-9,14-15,20,30-32H,4-7,10-11H2,1-3H3,(H2,25,27,28,29). The van der Waals surface area contributed by atoms with Crippen LogP contribution in [0.15, 0.2) is 16.5 Å². The number of fused-ring (bicyclic) bond motifs is 1. The summed E-state index contributed by atoms with van der Waals surface area (Å²) in [5, 5.41) is 38.7. The number of pyridine rings is 1. The van der Waals surface area contributed by atoms with Crippen LogP contribution in [0.5, 0.6) is 5.88 Å². The zero-order valence-corrected chi connectivity index (χ0v) is 19.6. The third kappa shape index (κ3) is 4.17. The average Bonchev–Trinajstić information content (AvgIpc) is 3.47. The largest absolute Gasteiger partial charge is 0.478 e. The number of hydrogen-bond donors (Lipinski definition) is 5. The van der Waals surface area contributed by atoms with Gasteiger partial charge in [0.25, 0.3) is 5.88 Å². The predicted octanol–water partition coefficient (Wildman–Crippen LogP) is 2.60. The van der Waals surface area contributed by atoms with Gasteiger partial charge in [-0.2, -0.15) is 4.98 Å². The Morgan fingerprint density at radius 3 is 2.65 bits per heavy atom. The highest BCUT2D eigenvalue weighted by molar-refractivity contribution is 5.89. The van der Waals surface area contributed by atoms with Crippen molar-refractivity contribution in [1.29, 1.82) is 0 Å². The van der Waals surface area contributed by atoms with E-state index in [-0.39, 0.29) is 13.0 Å². The van der Waals surface area contributed by atoms with Crippen molar-refractivity contribution in [2.45, 2.75) is 51.4 Å². The molecule has 3 aromatic rings. The topological polar surface area (TPSA) is 146 Å². The molecule has 0 aromatic carbocycles. The van der Waals surface area contributed by atoms with Crippen LogP contribution in [0.3, 0.4) is 0 Å². The quantitative estimate of drug-likeness (QED) is 0.312. The Labute approximate surface area is 197 Å². The number of aryl methyl sites for hydroxylation is 2. The minimum atomic E-state index is -1.64. The number of aliphatic hydroxyl groups excluding tert-OH is 2. The number of ether oxygens (including phenoxy) is 1. The molecule has 182 valence electrons. The Kier molecular flexibility index (Phi) is 5.83. The van der Waals surface area contributed by atoms with E-state index in [1.54, 1.807) is 7.11 Å². The average molecular weight is 470 g/mol. The maximum absolute atomic E-state index is 11.2. The molecule has 2 aliphatic carbocycles. The molecule has 0 saturated heterocycles. The molecule has 10 heteroatoms. The van der Waals surface area contributed by atoms with Gasteiger partial charge in [-0.1, -0.05) is 0 Å². The lowest BCUT2D eigenvalue weighted by Gasteiger charge is -2.31. The van der Waals surface area contributed by atoms with Gasteiger partial charge in [0.05, 0.1) is 18.4 Å². The first-order chi connectivity index (χ1) is 16.3. The van der Waals surface area contributed by atoms with Crippen molar-refractivity contribution in [3.05, 3.63) is 23.5 Å². The predicted molar refractivity (Wildman–Crippen MR) is 127 cm³/mol. The molecule has 5 rings (SSSR count). The molecule has 3 heterocycles. The van der Waals surface area contributed by atoms with E-state index < -0.39 is 17.7 Å². The number of nitrogens with zero attached hydrogens (tertiary/aromatic N) is 3. The molecule has 0 spiro atoms. The van der Waals surface area contributed by atoms with Crippen molar-refractivity contribution < 1.29 is 24.5 Å². The number of rotatable bonds is 8. The van der Waals surface area contributed by atoms with Crippen LogP contribution in [0, 0.1) is 25.7 Å². The van der Waals surface area contributed by atoms with Crippen LogP contribution in [0.25, 0.3) is 22.3 Å². The lowest BCUT2D eigenvalue weighted by atomic mass is 10.0. The summed E-state index contributed by atoms with van der Waals surface area (Å²) in [6, 6.07) is 3.77. The lowest BCUT2D eigenvalue weighted by molar-refractivity contribution is -0.0545. The fourth-order valence-electron chi connectivity index (χ4n) is 4.64. The maximum atomic E-state index is 11.2. The Bertz CT molecular complexity index is 1210. The van der Waals surface area contributed by atoms with E-state index in [0.29, 0.717) is 52.6 Å². The van der Waals surface area contributed by atoms with Gasteiger partial charge in [-0.05, 0) is 57.6 Å². The normalized spacial score (nSPS) is 24.5. The lowest BCUT2D eigenvalue weighted by Crippen LogP contribution is -2.48. The highest BCUT2D eigenvalue weighted by atomic mass is 16.5. The summed E-state index contributed by atoms with van der Waals surface area (Å²) in [6.07, 6.45) is 1.99. The van der Waals surface area contributed by atoms with E-state index >= 15 is 0 Å². The molecule has 34 heavy (non-hydrogen) atoms. The third-order valence-corrected chi connectivity index (χ3v) is 6.77. The Morgan fingerprint density at radius 1 is 1.18 bits per heavy atom. The Hall–Kier alpha value is -2.95. The summed E-state index contributed by atoms with van der Waals surface area (Å²) in [7, 11) is 1.54. The van der Waals surface area contributed by atoms with Crippen molar-refractivity contribution in [2.24, 2.45) is 11.8 Å². The van der Waals surface area contributed by atoms with Crippen LogP contribution in [0.4, 0.5) is 11.8 Å². The molecule has 0 amide bonds. The number of anilines is 2. The fourth-order valence-corrected chi connectivity index (χ4v) is 4.64. The van der Waals surface area contributed by atoms with Crippen molar-refractivity contribution in [3.8, 4) is 17.2 Å². The van der Waals surface area contributed by atoms with E-state index in [2.05, 4.69) is 25.6 Å². The number of hydrogen-bond acceptors (Lipinski definition) is 10. The molecule has 0 bridgehead atoms. The van der Waals surface area contributed by atoms with E-state index in [4.69, 9.17) is 9.15 Å². The molecule has 0 radical (unpaired) electrons. The molecule has 2 saturated carbocycles. The summed E-state index contributed by atoms with van der Waals surface area (Å²) in [5.74, 6) is 1.87. The highest BCUT2D eigenvalue weighted by Crippen LogP contribution is 2.41. The molecule has 3 unspecified atom stereocenters. The highest BCUT2D eigenvalue weighted by Gasteiger charge is 2.47. The Morgan fingerprint density at radius 2 is 1.97 bits per heavy atom. The van der Waals surface area contributed by atoms with Gasteiger partial charge in [0.1, 0.15) is 17.7 Å². The molecule has 2 fully saturated rings. The second-order valence-corrected chi connectivity index (χ2v) is 9.46. The summed E-state index contributed by atoms with van der Waals surface area (Å²) < 4.78 is 11.6. The molecule has 2 aliphatic rings. The van der Waals surface area contributed by atoms with Gasteiger partial charge in [-0.25, -0.2) is 9.97 Å². The number of aromatic nitrogens is 3. The SMILES string of the molecule is COc1nc(C)cc2cc(-c3c(C)nc(NCC4CC4)nc3NC3(O)CCC(CO)C3O)oc12. The van der Waals surface area contributed by atoms with Gasteiger partial charge >= 0.3 is 0 Å². The summed E-state index contributed by atoms with van der Waals surface area (Å²) in [5.41, 5.74) is 0.873. The Balaban J connectivity index is 1.59. The number of aliphatic hydroxyl groups is 3. The summed E-state index contributed by atoms with van der Waals surface area (Å²) in [4.78, 5) is 13.7.